The molecule has 0 aliphatic heterocycles. The van der Waals surface area contributed by atoms with E-state index in [-0.39, 0.29) is 15.8 Å². The summed E-state index contributed by atoms with van der Waals surface area (Å²) >= 11 is 4.96. The molecule has 1 aromatic heterocycles. The number of nitrogens with one attached hydrogen (secondary N) is 1. The van der Waals surface area contributed by atoms with Gasteiger partial charge in [0.2, 0.25) is 0 Å². The summed E-state index contributed by atoms with van der Waals surface area (Å²) in [6.45, 7) is 0. The molecule has 0 aliphatic rings. The standard InChI is InChI=1S/C14H10F2N2OS/c1-19-9-4-2-3-8(5-9)12-6-10(13(15)16)11(7-17)14(20)18-12/h2-6,13H,1H3,(H,18,20). The molecule has 0 aliphatic carbocycles. The molecule has 0 fully saturated rings. The third kappa shape index (κ3) is 2.68. The molecule has 3 nitrogen and oxygen atoms in total. The topological polar surface area (TPSA) is 48.8 Å². The first kappa shape index (κ1) is 14.2. The Morgan fingerprint density at radius 3 is 2.70 bits per heavy atom. The third-order valence-corrected chi connectivity index (χ3v) is 3.10. The fourth-order valence-corrected chi connectivity index (χ4v) is 2.09. The number of hydrogen-bond acceptors (Lipinski definition) is 3. The Morgan fingerprint density at radius 1 is 1.35 bits per heavy atom. The average Bonchev–Trinajstić information content (AvgIpc) is 2.46. The Labute approximate surface area is 119 Å². The van der Waals surface area contributed by atoms with Crippen molar-refractivity contribution in [1.29, 1.82) is 5.26 Å². The van der Waals surface area contributed by atoms with Gasteiger partial charge in [-0.25, -0.2) is 8.78 Å². The second kappa shape index (κ2) is 5.80. The number of alkyl halides is 2. The van der Waals surface area contributed by atoms with E-state index in [2.05, 4.69) is 4.98 Å². The first-order chi connectivity index (χ1) is 9.56. The molecule has 0 saturated carbocycles. The number of rotatable bonds is 3. The minimum Gasteiger partial charge on any atom is -0.497 e. The largest absolute Gasteiger partial charge is 0.497 e. The molecule has 0 unspecified atom stereocenters. The van der Waals surface area contributed by atoms with Crippen molar-refractivity contribution in [2.75, 3.05) is 7.11 Å². The van der Waals surface area contributed by atoms with Crippen molar-refractivity contribution in [3.8, 4) is 23.1 Å². The van der Waals surface area contributed by atoms with Crippen LogP contribution < -0.4 is 4.74 Å². The molecular formula is C14H10F2N2OS. The number of pyridine rings is 1. The number of aromatic amines is 1. The van der Waals surface area contributed by atoms with Crippen molar-refractivity contribution < 1.29 is 13.5 Å². The lowest BCUT2D eigenvalue weighted by Gasteiger charge is -2.09. The van der Waals surface area contributed by atoms with Crippen LogP contribution in [0.5, 0.6) is 5.75 Å². The van der Waals surface area contributed by atoms with Crippen LogP contribution in [0.25, 0.3) is 11.3 Å². The number of nitriles is 1. The predicted molar refractivity (Wildman–Crippen MR) is 73.3 cm³/mol. The molecule has 102 valence electrons. The second-order valence-electron chi connectivity index (χ2n) is 3.99. The number of halogens is 2. The van der Waals surface area contributed by atoms with Gasteiger partial charge in [0.05, 0.1) is 12.7 Å². The molecule has 0 amide bonds. The Balaban J connectivity index is 2.64. The fourth-order valence-electron chi connectivity index (χ4n) is 1.81. The lowest BCUT2D eigenvalue weighted by Crippen LogP contribution is -1.97. The molecule has 0 saturated heterocycles. The highest BCUT2D eigenvalue weighted by molar-refractivity contribution is 7.71. The van der Waals surface area contributed by atoms with Crippen LogP contribution in [0.1, 0.15) is 17.6 Å². The van der Waals surface area contributed by atoms with E-state index in [0.29, 0.717) is 17.0 Å². The minimum absolute atomic E-state index is 0.00289. The molecule has 0 radical (unpaired) electrons. The zero-order valence-electron chi connectivity index (χ0n) is 10.5. The van der Waals surface area contributed by atoms with Crippen LogP contribution in [0.15, 0.2) is 30.3 Å². The number of benzene rings is 1. The summed E-state index contributed by atoms with van der Waals surface area (Å²) in [5.41, 5.74) is 0.515. The maximum atomic E-state index is 13.0. The van der Waals surface area contributed by atoms with Crippen LogP contribution in [0, 0.1) is 16.0 Å². The first-order valence-electron chi connectivity index (χ1n) is 5.66. The highest BCUT2D eigenvalue weighted by Gasteiger charge is 2.16. The monoisotopic (exact) mass is 292 g/mol. The molecule has 1 aromatic carbocycles. The molecular weight excluding hydrogens is 282 g/mol. The number of nitrogens with zero attached hydrogens (tertiary/aromatic N) is 1. The lowest BCUT2D eigenvalue weighted by atomic mass is 10.1. The van der Waals surface area contributed by atoms with Gasteiger partial charge in [0, 0.05) is 16.8 Å². The van der Waals surface area contributed by atoms with Gasteiger partial charge in [-0.3, -0.25) is 0 Å². The van der Waals surface area contributed by atoms with Crippen LogP contribution in [-0.4, -0.2) is 12.1 Å². The smallest absolute Gasteiger partial charge is 0.265 e. The van der Waals surface area contributed by atoms with E-state index in [9.17, 15) is 8.78 Å². The van der Waals surface area contributed by atoms with Gasteiger partial charge in [-0.2, -0.15) is 5.26 Å². The van der Waals surface area contributed by atoms with Gasteiger partial charge in [0.1, 0.15) is 16.5 Å². The third-order valence-electron chi connectivity index (χ3n) is 2.79. The van der Waals surface area contributed by atoms with Crippen LogP contribution in [-0.2, 0) is 0 Å². The molecule has 2 aromatic rings. The Bertz CT molecular complexity index is 735. The van der Waals surface area contributed by atoms with Crippen LogP contribution in [0.3, 0.4) is 0 Å². The number of hydrogen-bond donors (Lipinski definition) is 1. The normalized spacial score (nSPS) is 10.3. The van der Waals surface area contributed by atoms with E-state index in [1.807, 2.05) is 0 Å². The van der Waals surface area contributed by atoms with Gasteiger partial charge < -0.3 is 9.72 Å². The predicted octanol–water partition coefficient (Wildman–Crippen LogP) is 4.23. The van der Waals surface area contributed by atoms with E-state index >= 15 is 0 Å². The SMILES string of the molecule is COc1cccc(-c2cc(C(F)F)c(C#N)c(=S)[nH]2)c1. The summed E-state index contributed by atoms with van der Waals surface area (Å²) in [6.07, 6.45) is -2.76. The molecule has 20 heavy (non-hydrogen) atoms. The molecule has 1 N–H and O–H groups in total. The summed E-state index contributed by atoms with van der Waals surface area (Å²) in [7, 11) is 1.52. The average molecular weight is 292 g/mol. The van der Waals surface area contributed by atoms with Crippen LogP contribution in [0.2, 0.25) is 0 Å². The second-order valence-corrected chi connectivity index (χ2v) is 4.40. The first-order valence-corrected chi connectivity index (χ1v) is 6.07. The number of methoxy groups -OCH3 is 1. The number of aromatic nitrogens is 1. The molecule has 2 rings (SSSR count). The highest BCUT2D eigenvalue weighted by Crippen LogP contribution is 2.29. The van der Waals surface area contributed by atoms with Gasteiger partial charge in [-0.15, -0.1) is 0 Å². The number of H-pyrrole nitrogens is 1. The lowest BCUT2D eigenvalue weighted by molar-refractivity contribution is 0.151. The fraction of sp³-hybridized carbons (Fsp3) is 0.143. The van der Waals surface area contributed by atoms with E-state index < -0.39 is 6.43 Å². The van der Waals surface area contributed by atoms with Gasteiger partial charge in [-0.1, -0.05) is 24.4 Å². The Kier molecular flexibility index (Phi) is 4.11. The van der Waals surface area contributed by atoms with Gasteiger partial charge in [0.25, 0.3) is 6.43 Å². The van der Waals surface area contributed by atoms with E-state index in [1.54, 1.807) is 30.3 Å². The van der Waals surface area contributed by atoms with Crippen molar-refractivity contribution in [3.63, 3.8) is 0 Å². The van der Waals surface area contributed by atoms with E-state index in [1.165, 1.54) is 13.2 Å². The summed E-state index contributed by atoms with van der Waals surface area (Å²) < 4.78 is 31.1. The highest BCUT2D eigenvalue weighted by atomic mass is 32.1. The summed E-state index contributed by atoms with van der Waals surface area (Å²) in [4.78, 5) is 2.79. The van der Waals surface area contributed by atoms with Gasteiger partial charge in [0.15, 0.2) is 0 Å². The van der Waals surface area contributed by atoms with E-state index in [4.69, 9.17) is 22.2 Å². The Morgan fingerprint density at radius 2 is 2.10 bits per heavy atom. The van der Waals surface area contributed by atoms with Crippen molar-refractivity contribution in [3.05, 3.63) is 46.1 Å². The Hall–Kier alpha value is -2.26. The minimum atomic E-state index is -2.76. The van der Waals surface area contributed by atoms with Crippen molar-refractivity contribution in [2.45, 2.75) is 6.43 Å². The summed E-state index contributed by atoms with van der Waals surface area (Å²) in [6, 6.07) is 9.87. The molecule has 6 heteroatoms. The quantitative estimate of drug-likeness (QED) is 0.861. The zero-order valence-corrected chi connectivity index (χ0v) is 11.3. The molecule has 0 bridgehead atoms. The van der Waals surface area contributed by atoms with Crippen LogP contribution in [0.4, 0.5) is 8.78 Å². The maximum absolute atomic E-state index is 13.0. The maximum Gasteiger partial charge on any atom is 0.265 e. The van der Waals surface area contributed by atoms with Crippen molar-refractivity contribution in [2.24, 2.45) is 0 Å². The van der Waals surface area contributed by atoms with Crippen LogP contribution >= 0.6 is 12.2 Å². The van der Waals surface area contributed by atoms with Crippen molar-refractivity contribution in [1.82, 2.24) is 4.98 Å². The summed E-state index contributed by atoms with van der Waals surface area (Å²) in [5.74, 6) is 0.602. The number of ether oxygens (including phenoxy) is 1. The van der Waals surface area contributed by atoms with E-state index in [0.717, 1.165) is 0 Å². The van der Waals surface area contributed by atoms with Crippen molar-refractivity contribution >= 4 is 12.2 Å². The zero-order chi connectivity index (χ0) is 14.7. The molecule has 1 heterocycles. The molecule has 0 atom stereocenters. The molecule has 0 spiro atoms. The van der Waals surface area contributed by atoms with Gasteiger partial charge >= 0.3 is 0 Å². The van der Waals surface area contributed by atoms with Gasteiger partial charge in [-0.05, 0) is 18.2 Å². The summed E-state index contributed by atoms with van der Waals surface area (Å²) in [5, 5.41) is 8.90.